The fourth-order valence-corrected chi connectivity index (χ4v) is 2.86. The van der Waals surface area contributed by atoms with E-state index in [1.807, 2.05) is 4.72 Å². The predicted molar refractivity (Wildman–Crippen MR) is 87.0 cm³/mol. The molecule has 25 heavy (non-hydrogen) atoms. The first-order valence-electron chi connectivity index (χ1n) is 6.68. The molecule has 1 aromatic carbocycles. The van der Waals surface area contributed by atoms with Gasteiger partial charge in [0.15, 0.2) is 5.13 Å². The third-order valence-electron chi connectivity index (χ3n) is 3.04. The fourth-order valence-electron chi connectivity index (χ4n) is 1.71. The molecule has 0 aliphatic carbocycles. The maximum Gasteiger partial charge on any atom is 0.416 e. The van der Waals surface area contributed by atoms with Crippen molar-refractivity contribution in [2.75, 3.05) is 12.4 Å². The molecule has 0 bridgehead atoms. The lowest BCUT2D eigenvalue weighted by Crippen LogP contribution is -2.38. The molecule has 0 saturated heterocycles. The van der Waals surface area contributed by atoms with Gasteiger partial charge in [-0.15, -0.1) is 11.3 Å². The molecule has 0 aliphatic rings. The Morgan fingerprint density at radius 3 is 2.56 bits per heavy atom. The van der Waals surface area contributed by atoms with E-state index in [0.29, 0.717) is 5.56 Å². The number of aryl methyl sites for hydroxylation is 1. The van der Waals surface area contributed by atoms with Crippen molar-refractivity contribution in [3.63, 3.8) is 0 Å². The highest BCUT2D eigenvalue weighted by Gasteiger charge is 2.30. The molecule has 1 heterocycles. The van der Waals surface area contributed by atoms with Crippen LogP contribution in [0, 0.1) is 6.92 Å². The number of carbonyl (C=O) groups excluding carboxylic acids is 1. The molecule has 0 fully saturated rings. The molecular weight excluding hydrogens is 381 g/mol. The second-order valence-electron chi connectivity index (χ2n) is 4.83. The monoisotopic (exact) mass is 394 g/mol. The van der Waals surface area contributed by atoms with Gasteiger partial charge in [0.05, 0.1) is 5.56 Å². The van der Waals surface area contributed by atoms with Gasteiger partial charge in [-0.05, 0) is 24.6 Å². The number of hydrogen-bond acceptors (Lipinski definition) is 6. The Bertz CT molecular complexity index is 894. The molecular formula is C13H13F3N4O3S2. The van der Waals surface area contributed by atoms with E-state index in [1.165, 1.54) is 11.4 Å². The lowest BCUT2D eigenvalue weighted by Gasteiger charge is -2.11. The van der Waals surface area contributed by atoms with E-state index in [9.17, 15) is 26.4 Å². The number of nitrogens with one attached hydrogen (secondary N) is 3. The summed E-state index contributed by atoms with van der Waals surface area (Å²) in [5, 5.41) is 4.13. The summed E-state index contributed by atoms with van der Waals surface area (Å²) in [6.45, 7) is 1.61. The number of anilines is 2. The Balaban J connectivity index is 2.20. The SMILES string of the molecule is CNS(=O)(=O)NC(=O)c1csc(Nc2cc(C(F)(F)F)ccc2C)n1. The van der Waals surface area contributed by atoms with Crippen molar-refractivity contribution in [2.45, 2.75) is 13.1 Å². The number of amides is 1. The third-order valence-corrected chi connectivity index (χ3v) is 4.79. The van der Waals surface area contributed by atoms with Crippen molar-refractivity contribution in [3.05, 3.63) is 40.4 Å². The van der Waals surface area contributed by atoms with Gasteiger partial charge < -0.3 is 5.32 Å². The largest absolute Gasteiger partial charge is 0.416 e. The van der Waals surface area contributed by atoms with Crippen LogP contribution in [0.25, 0.3) is 0 Å². The van der Waals surface area contributed by atoms with Crippen LogP contribution in [0.15, 0.2) is 23.6 Å². The van der Waals surface area contributed by atoms with E-state index in [4.69, 9.17) is 0 Å². The van der Waals surface area contributed by atoms with Crippen LogP contribution in [0.4, 0.5) is 24.0 Å². The highest BCUT2D eigenvalue weighted by Crippen LogP contribution is 2.33. The number of benzene rings is 1. The number of thiazole rings is 1. The number of rotatable bonds is 5. The van der Waals surface area contributed by atoms with Gasteiger partial charge in [0.25, 0.3) is 5.91 Å². The summed E-state index contributed by atoms with van der Waals surface area (Å²) in [5.74, 6) is -0.959. The molecule has 3 N–H and O–H groups in total. The lowest BCUT2D eigenvalue weighted by atomic mass is 10.1. The predicted octanol–water partition coefficient (Wildman–Crippen LogP) is 2.41. The number of carbonyl (C=O) groups is 1. The van der Waals surface area contributed by atoms with Crippen LogP contribution in [-0.4, -0.2) is 26.4 Å². The molecule has 2 rings (SSSR count). The minimum atomic E-state index is -4.49. The number of hydrogen-bond donors (Lipinski definition) is 3. The van der Waals surface area contributed by atoms with Crippen LogP contribution in [0.2, 0.25) is 0 Å². The van der Waals surface area contributed by atoms with Crippen molar-refractivity contribution in [2.24, 2.45) is 0 Å². The molecule has 0 aliphatic heterocycles. The van der Waals surface area contributed by atoms with Crippen molar-refractivity contribution < 1.29 is 26.4 Å². The zero-order chi connectivity index (χ0) is 18.8. The van der Waals surface area contributed by atoms with Crippen LogP contribution in [0.3, 0.4) is 0 Å². The summed E-state index contributed by atoms with van der Waals surface area (Å²) in [6.07, 6.45) is -4.49. The van der Waals surface area contributed by atoms with Crippen LogP contribution < -0.4 is 14.8 Å². The Hall–Kier alpha value is -2.18. The average molecular weight is 394 g/mol. The quantitative estimate of drug-likeness (QED) is 0.723. The van der Waals surface area contributed by atoms with Crippen molar-refractivity contribution in [3.8, 4) is 0 Å². The topological polar surface area (TPSA) is 100 Å². The van der Waals surface area contributed by atoms with Gasteiger partial charge in [-0.3, -0.25) is 4.79 Å². The summed E-state index contributed by atoms with van der Waals surface area (Å²) in [7, 11) is -2.85. The van der Waals surface area contributed by atoms with Gasteiger partial charge >= 0.3 is 16.4 Å². The molecule has 1 amide bonds. The second kappa shape index (κ2) is 6.98. The van der Waals surface area contributed by atoms with E-state index in [1.54, 1.807) is 11.6 Å². The first-order chi connectivity index (χ1) is 11.5. The van der Waals surface area contributed by atoms with E-state index < -0.39 is 27.9 Å². The number of aromatic nitrogens is 1. The molecule has 0 radical (unpaired) electrons. The highest BCUT2D eigenvalue weighted by atomic mass is 32.2. The first kappa shape index (κ1) is 19.1. The molecule has 2 aromatic rings. The van der Waals surface area contributed by atoms with Crippen LogP contribution in [0.5, 0.6) is 0 Å². The van der Waals surface area contributed by atoms with Crippen LogP contribution in [-0.2, 0) is 16.4 Å². The Morgan fingerprint density at radius 2 is 1.96 bits per heavy atom. The van der Waals surface area contributed by atoms with Crippen molar-refractivity contribution in [1.82, 2.24) is 14.4 Å². The van der Waals surface area contributed by atoms with E-state index in [0.717, 1.165) is 30.5 Å². The van der Waals surface area contributed by atoms with Gasteiger partial charge in [0, 0.05) is 18.1 Å². The molecule has 0 saturated carbocycles. The fraction of sp³-hybridized carbons (Fsp3) is 0.231. The summed E-state index contributed by atoms with van der Waals surface area (Å²) in [4.78, 5) is 15.7. The van der Waals surface area contributed by atoms with Gasteiger partial charge in [0.2, 0.25) is 0 Å². The second-order valence-corrected chi connectivity index (χ2v) is 7.31. The molecule has 1 aromatic heterocycles. The minimum absolute atomic E-state index is 0.148. The maximum atomic E-state index is 12.8. The smallest absolute Gasteiger partial charge is 0.331 e. The summed E-state index contributed by atoms with van der Waals surface area (Å²) < 4.78 is 64.5. The summed E-state index contributed by atoms with van der Waals surface area (Å²) in [5.41, 5.74) is -0.280. The van der Waals surface area contributed by atoms with E-state index >= 15 is 0 Å². The Kier molecular flexibility index (Phi) is 5.34. The molecule has 12 heteroatoms. The van der Waals surface area contributed by atoms with Crippen molar-refractivity contribution in [1.29, 1.82) is 0 Å². The highest BCUT2D eigenvalue weighted by molar-refractivity contribution is 7.88. The molecule has 136 valence electrons. The Morgan fingerprint density at radius 1 is 1.28 bits per heavy atom. The normalized spacial score (nSPS) is 12.0. The van der Waals surface area contributed by atoms with Crippen LogP contribution in [0.1, 0.15) is 21.6 Å². The molecule has 0 atom stereocenters. The lowest BCUT2D eigenvalue weighted by molar-refractivity contribution is -0.137. The van der Waals surface area contributed by atoms with E-state index in [2.05, 4.69) is 10.3 Å². The van der Waals surface area contributed by atoms with Crippen molar-refractivity contribution >= 4 is 38.3 Å². The Labute approximate surface area is 145 Å². The zero-order valence-electron chi connectivity index (χ0n) is 12.9. The number of nitrogens with zero attached hydrogens (tertiary/aromatic N) is 1. The molecule has 0 unspecified atom stereocenters. The minimum Gasteiger partial charge on any atom is -0.331 e. The van der Waals surface area contributed by atoms with Crippen LogP contribution >= 0.6 is 11.3 Å². The van der Waals surface area contributed by atoms with Gasteiger partial charge in [-0.1, -0.05) is 6.07 Å². The zero-order valence-corrected chi connectivity index (χ0v) is 14.6. The first-order valence-corrected chi connectivity index (χ1v) is 9.04. The number of halogens is 3. The van der Waals surface area contributed by atoms with E-state index in [-0.39, 0.29) is 16.5 Å². The average Bonchev–Trinajstić information content (AvgIpc) is 2.96. The molecule has 7 nitrogen and oxygen atoms in total. The molecule has 0 spiro atoms. The third kappa shape index (κ3) is 4.90. The summed E-state index contributed by atoms with van der Waals surface area (Å²) >= 11 is 0.949. The van der Waals surface area contributed by atoms with Gasteiger partial charge in [0.1, 0.15) is 5.69 Å². The standard InChI is InChI=1S/C13H13F3N4O3S2/c1-7-3-4-8(13(14,15)16)5-9(7)18-12-19-10(6-24-12)11(21)20-25(22,23)17-2/h3-6,17H,1-2H3,(H,18,19)(H,20,21). The summed E-state index contributed by atoms with van der Waals surface area (Å²) in [6, 6.07) is 3.21. The van der Waals surface area contributed by atoms with Gasteiger partial charge in [-0.2, -0.15) is 21.6 Å². The number of alkyl halides is 3. The maximum absolute atomic E-state index is 12.8. The van der Waals surface area contributed by atoms with Gasteiger partial charge in [-0.25, -0.2) is 14.4 Å².